The van der Waals surface area contributed by atoms with Crippen molar-refractivity contribution in [3.8, 4) is 11.6 Å². The van der Waals surface area contributed by atoms with Crippen molar-refractivity contribution in [1.82, 2.24) is 19.9 Å². The molecule has 0 saturated carbocycles. The van der Waals surface area contributed by atoms with E-state index < -0.39 is 5.97 Å². The van der Waals surface area contributed by atoms with E-state index in [4.69, 9.17) is 5.73 Å². The summed E-state index contributed by atoms with van der Waals surface area (Å²) in [5.41, 5.74) is 5.75. The number of nitrogen functional groups attached to an aromatic ring is 1. The molecular formula is C10H9N5O2. The first kappa shape index (κ1) is 10.9. The lowest BCUT2D eigenvalue weighted by atomic mass is 10.3. The normalized spacial score (nSPS) is 9.94. The minimum Gasteiger partial charge on any atom is -0.465 e. The fourth-order valence-corrected chi connectivity index (χ4v) is 1.18. The Bertz CT molecular complexity index is 544. The third-order valence-electron chi connectivity index (χ3n) is 1.99. The topological polar surface area (TPSA) is 104 Å². The summed E-state index contributed by atoms with van der Waals surface area (Å²) in [4.78, 5) is 27.1. The van der Waals surface area contributed by atoms with E-state index in [1.807, 2.05) is 0 Å². The van der Waals surface area contributed by atoms with Gasteiger partial charge in [0.25, 0.3) is 0 Å². The molecule has 0 aliphatic heterocycles. The minimum absolute atomic E-state index is 0.0364. The summed E-state index contributed by atoms with van der Waals surface area (Å²) in [5, 5.41) is 0. The highest BCUT2D eigenvalue weighted by Gasteiger charge is 2.14. The smallest absolute Gasteiger partial charge is 0.343 e. The van der Waals surface area contributed by atoms with E-state index in [1.165, 1.54) is 13.3 Å². The number of carbonyl (C=O) groups excluding carboxylic acids is 1. The molecule has 0 unspecified atom stereocenters. The van der Waals surface area contributed by atoms with Crippen LogP contribution in [0.1, 0.15) is 10.4 Å². The van der Waals surface area contributed by atoms with Crippen LogP contribution in [0.4, 0.5) is 5.82 Å². The van der Waals surface area contributed by atoms with Gasteiger partial charge in [0.05, 0.1) is 7.11 Å². The third kappa shape index (κ3) is 2.17. The van der Waals surface area contributed by atoms with Gasteiger partial charge >= 0.3 is 5.97 Å². The zero-order chi connectivity index (χ0) is 12.3. The summed E-state index contributed by atoms with van der Waals surface area (Å²) < 4.78 is 4.53. The second-order valence-corrected chi connectivity index (χ2v) is 3.06. The van der Waals surface area contributed by atoms with Crippen LogP contribution in [0.5, 0.6) is 0 Å². The molecule has 0 amide bonds. The second kappa shape index (κ2) is 4.52. The summed E-state index contributed by atoms with van der Waals surface area (Å²) in [6.07, 6.45) is 4.42. The lowest BCUT2D eigenvalue weighted by Crippen LogP contribution is -2.09. The molecular weight excluding hydrogens is 222 g/mol. The number of ether oxygens (including phenoxy) is 1. The number of hydrogen-bond acceptors (Lipinski definition) is 7. The average Bonchev–Trinajstić information content (AvgIpc) is 2.39. The maximum absolute atomic E-state index is 11.3. The van der Waals surface area contributed by atoms with Crippen molar-refractivity contribution < 1.29 is 9.53 Å². The van der Waals surface area contributed by atoms with Crippen LogP contribution in [0.25, 0.3) is 11.6 Å². The second-order valence-electron chi connectivity index (χ2n) is 3.06. The van der Waals surface area contributed by atoms with Crippen molar-refractivity contribution in [3.05, 3.63) is 30.2 Å². The Labute approximate surface area is 96.7 Å². The van der Waals surface area contributed by atoms with Gasteiger partial charge in [0.15, 0.2) is 11.6 Å². The molecule has 2 aromatic rings. The predicted molar refractivity (Wildman–Crippen MR) is 58.8 cm³/mol. The van der Waals surface area contributed by atoms with Crippen LogP contribution >= 0.6 is 0 Å². The first-order chi connectivity index (χ1) is 8.22. The molecule has 0 fully saturated rings. The highest BCUT2D eigenvalue weighted by molar-refractivity contribution is 5.93. The van der Waals surface area contributed by atoms with E-state index in [-0.39, 0.29) is 17.2 Å². The van der Waals surface area contributed by atoms with Crippen LogP contribution in [0.2, 0.25) is 0 Å². The maximum Gasteiger partial charge on any atom is 0.343 e. The molecule has 0 radical (unpaired) electrons. The quantitative estimate of drug-likeness (QED) is 0.741. The molecule has 2 rings (SSSR count). The van der Waals surface area contributed by atoms with Crippen LogP contribution in [0, 0.1) is 0 Å². The van der Waals surface area contributed by atoms with Crippen LogP contribution in [-0.4, -0.2) is 33.0 Å². The highest BCUT2D eigenvalue weighted by atomic mass is 16.5. The molecule has 0 spiro atoms. The molecule has 0 saturated heterocycles. The van der Waals surface area contributed by atoms with Gasteiger partial charge in [0.2, 0.25) is 0 Å². The molecule has 2 heterocycles. The standard InChI is InChI=1S/C10H9N5O2/c1-17-10(16)6-5-14-9(15-7(6)11)8-12-3-2-4-13-8/h2-5H,1H3,(H2,11,14,15). The highest BCUT2D eigenvalue weighted by Crippen LogP contribution is 2.13. The number of carbonyl (C=O) groups is 1. The lowest BCUT2D eigenvalue weighted by molar-refractivity contribution is 0.0601. The summed E-state index contributed by atoms with van der Waals surface area (Å²) in [6, 6.07) is 1.68. The Morgan fingerprint density at radius 3 is 2.53 bits per heavy atom. The number of aromatic nitrogens is 4. The molecule has 2 aromatic heterocycles. The van der Waals surface area contributed by atoms with Gasteiger partial charge in [-0.3, -0.25) is 0 Å². The largest absolute Gasteiger partial charge is 0.465 e. The van der Waals surface area contributed by atoms with Crippen LogP contribution in [0.15, 0.2) is 24.7 Å². The number of methoxy groups -OCH3 is 1. The fraction of sp³-hybridized carbons (Fsp3) is 0.100. The van der Waals surface area contributed by atoms with Crippen molar-refractivity contribution in [2.24, 2.45) is 0 Å². The zero-order valence-electron chi connectivity index (χ0n) is 8.99. The Hall–Kier alpha value is -2.57. The third-order valence-corrected chi connectivity index (χ3v) is 1.99. The Kier molecular flexibility index (Phi) is 2.91. The Balaban J connectivity index is 2.41. The Morgan fingerprint density at radius 1 is 1.24 bits per heavy atom. The first-order valence-electron chi connectivity index (χ1n) is 4.70. The predicted octanol–water partition coefficient (Wildman–Crippen LogP) is 0.302. The van der Waals surface area contributed by atoms with Crippen molar-refractivity contribution in [1.29, 1.82) is 0 Å². The SMILES string of the molecule is COC(=O)c1cnc(-c2ncccn2)nc1N. The summed E-state index contributed by atoms with van der Waals surface area (Å²) in [7, 11) is 1.26. The van der Waals surface area contributed by atoms with E-state index in [0.717, 1.165) is 0 Å². The van der Waals surface area contributed by atoms with Crippen molar-refractivity contribution in [2.75, 3.05) is 12.8 Å². The molecule has 0 aromatic carbocycles. The molecule has 86 valence electrons. The van der Waals surface area contributed by atoms with Crippen LogP contribution < -0.4 is 5.73 Å². The molecule has 0 aliphatic rings. The van der Waals surface area contributed by atoms with Gasteiger partial charge in [-0.2, -0.15) is 0 Å². The molecule has 0 bridgehead atoms. The van der Waals surface area contributed by atoms with E-state index in [9.17, 15) is 4.79 Å². The van der Waals surface area contributed by atoms with Crippen LogP contribution in [-0.2, 0) is 4.74 Å². The van der Waals surface area contributed by atoms with Gasteiger partial charge in [0, 0.05) is 18.6 Å². The average molecular weight is 231 g/mol. The monoisotopic (exact) mass is 231 g/mol. The number of hydrogen-bond donors (Lipinski definition) is 1. The van der Waals surface area contributed by atoms with E-state index in [0.29, 0.717) is 5.82 Å². The molecule has 17 heavy (non-hydrogen) atoms. The van der Waals surface area contributed by atoms with Gasteiger partial charge in [0.1, 0.15) is 11.4 Å². The molecule has 0 atom stereocenters. The van der Waals surface area contributed by atoms with E-state index in [2.05, 4.69) is 24.7 Å². The molecule has 0 aliphatic carbocycles. The maximum atomic E-state index is 11.3. The summed E-state index contributed by atoms with van der Waals surface area (Å²) in [5.74, 6) is 0.0590. The van der Waals surface area contributed by atoms with Crippen molar-refractivity contribution in [3.63, 3.8) is 0 Å². The van der Waals surface area contributed by atoms with E-state index >= 15 is 0 Å². The lowest BCUT2D eigenvalue weighted by Gasteiger charge is -2.03. The van der Waals surface area contributed by atoms with Gasteiger partial charge < -0.3 is 10.5 Å². The Morgan fingerprint density at radius 2 is 1.94 bits per heavy atom. The minimum atomic E-state index is -0.581. The number of anilines is 1. The number of nitrogens with two attached hydrogens (primary N) is 1. The van der Waals surface area contributed by atoms with Gasteiger partial charge in [-0.05, 0) is 6.07 Å². The molecule has 7 nitrogen and oxygen atoms in total. The molecule has 7 heteroatoms. The number of nitrogens with zero attached hydrogens (tertiary/aromatic N) is 4. The van der Waals surface area contributed by atoms with Crippen LogP contribution in [0.3, 0.4) is 0 Å². The molecule has 2 N–H and O–H groups in total. The van der Waals surface area contributed by atoms with E-state index in [1.54, 1.807) is 18.5 Å². The zero-order valence-corrected chi connectivity index (χ0v) is 8.99. The van der Waals surface area contributed by atoms with Gasteiger partial charge in [-0.25, -0.2) is 24.7 Å². The summed E-state index contributed by atoms with van der Waals surface area (Å²) >= 11 is 0. The van der Waals surface area contributed by atoms with Crippen molar-refractivity contribution >= 4 is 11.8 Å². The van der Waals surface area contributed by atoms with Gasteiger partial charge in [-0.1, -0.05) is 0 Å². The van der Waals surface area contributed by atoms with Crippen molar-refractivity contribution in [2.45, 2.75) is 0 Å². The number of esters is 1. The van der Waals surface area contributed by atoms with Gasteiger partial charge in [-0.15, -0.1) is 0 Å². The number of rotatable bonds is 2. The first-order valence-corrected chi connectivity index (χ1v) is 4.70. The summed E-state index contributed by atoms with van der Waals surface area (Å²) in [6.45, 7) is 0. The fourth-order valence-electron chi connectivity index (χ4n) is 1.18.